The molecule has 96 valence electrons. The van der Waals surface area contributed by atoms with Gasteiger partial charge in [0.05, 0.1) is 11.9 Å². The molecule has 0 aliphatic rings. The quantitative estimate of drug-likeness (QED) is 0.895. The van der Waals surface area contributed by atoms with Gasteiger partial charge in [0.15, 0.2) is 0 Å². The van der Waals surface area contributed by atoms with Gasteiger partial charge in [0.25, 0.3) is 0 Å². The first-order valence-electron chi connectivity index (χ1n) is 6.32. The van der Waals surface area contributed by atoms with Crippen LogP contribution in [0.5, 0.6) is 0 Å². The number of nitrogens with one attached hydrogen (secondary N) is 1. The minimum atomic E-state index is 0.403. The molecule has 0 saturated heterocycles. The van der Waals surface area contributed by atoms with Gasteiger partial charge in [-0.25, -0.2) is 4.98 Å². The van der Waals surface area contributed by atoms with Crippen LogP contribution in [0.15, 0.2) is 24.4 Å². The van der Waals surface area contributed by atoms with Gasteiger partial charge in [0, 0.05) is 30.9 Å². The monoisotopic (exact) mass is 243 g/mol. The van der Waals surface area contributed by atoms with E-state index in [-0.39, 0.29) is 0 Å². The largest absolute Gasteiger partial charge is 0.381 e. The van der Waals surface area contributed by atoms with Crippen molar-refractivity contribution in [2.75, 3.05) is 24.3 Å². The van der Waals surface area contributed by atoms with Crippen LogP contribution in [-0.4, -0.2) is 25.1 Å². The van der Waals surface area contributed by atoms with Crippen LogP contribution in [0, 0.1) is 6.92 Å². The lowest BCUT2D eigenvalue weighted by atomic mass is 10.1. The van der Waals surface area contributed by atoms with E-state index < -0.39 is 0 Å². The van der Waals surface area contributed by atoms with Crippen LogP contribution in [-0.2, 0) is 0 Å². The van der Waals surface area contributed by atoms with E-state index in [4.69, 9.17) is 0 Å². The standard InChI is InChI=1S/C15H21N3/c1-10(2)17-14-9-16-15(18(4)5)12-7-6-11(3)8-13(12)14/h6-10,17H,1-5H3. The van der Waals surface area contributed by atoms with Crippen molar-refractivity contribution in [1.82, 2.24) is 4.98 Å². The van der Waals surface area contributed by atoms with Gasteiger partial charge < -0.3 is 10.2 Å². The van der Waals surface area contributed by atoms with Gasteiger partial charge in [-0.05, 0) is 26.8 Å². The van der Waals surface area contributed by atoms with Crippen LogP contribution in [0.3, 0.4) is 0 Å². The molecule has 0 spiro atoms. The lowest BCUT2D eigenvalue weighted by Gasteiger charge is -2.18. The summed E-state index contributed by atoms with van der Waals surface area (Å²) in [6.07, 6.45) is 1.93. The Bertz CT molecular complexity index is 559. The van der Waals surface area contributed by atoms with E-state index in [9.17, 15) is 0 Å². The second-order valence-corrected chi connectivity index (χ2v) is 5.24. The molecule has 0 bridgehead atoms. The summed E-state index contributed by atoms with van der Waals surface area (Å²) in [5, 5.41) is 5.89. The average molecular weight is 243 g/mol. The van der Waals surface area contributed by atoms with Gasteiger partial charge >= 0.3 is 0 Å². The number of fused-ring (bicyclic) bond motifs is 1. The maximum atomic E-state index is 4.55. The number of anilines is 2. The number of benzene rings is 1. The minimum absolute atomic E-state index is 0.403. The van der Waals surface area contributed by atoms with Gasteiger partial charge in [-0.2, -0.15) is 0 Å². The molecule has 3 nitrogen and oxygen atoms in total. The van der Waals surface area contributed by atoms with Crippen LogP contribution in [0.25, 0.3) is 10.8 Å². The highest BCUT2D eigenvalue weighted by Crippen LogP contribution is 2.30. The summed E-state index contributed by atoms with van der Waals surface area (Å²) in [7, 11) is 4.05. The molecule has 2 aromatic rings. The van der Waals surface area contributed by atoms with E-state index in [1.165, 1.54) is 16.3 Å². The van der Waals surface area contributed by atoms with Crippen molar-refractivity contribution in [2.24, 2.45) is 0 Å². The van der Waals surface area contributed by atoms with E-state index >= 15 is 0 Å². The molecule has 0 fully saturated rings. The Morgan fingerprint density at radius 2 is 1.89 bits per heavy atom. The lowest BCUT2D eigenvalue weighted by Crippen LogP contribution is -2.14. The zero-order chi connectivity index (χ0) is 13.3. The number of aromatic nitrogens is 1. The SMILES string of the molecule is Cc1ccc2c(N(C)C)ncc(NC(C)C)c2c1. The molecule has 0 amide bonds. The first-order chi connectivity index (χ1) is 8.49. The second kappa shape index (κ2) is 4.84. The number of aryl methyl sites for hydroxylation is 1. The summed E-state index contributed by atoms with van der Waals surface area (Å²) in [6, 6.07) is 6.91. The van der Waals surface area contributed by atoms with E-state index in [2.05, 4.69) is 54.2 Å². The van der Waals surface area contributed by atoms with Crippen molar-refractivity contribution in [3.8, 4) is 0 Å². The van der Waals surface area contributed by atoms with E-state index in [1.54, 1.807) is 0 Å². The third kappa shape index (κ3) is 2.40. The zero-order valence-corrected chi connectivity index (χ0v) is 11.8. The molecule has 0 atom stereocenters. The van der Waals surface area contributed by atoms with Gasteiger partial charge in [0.2, 0.25) is 0 Å². The Labute approximate surface area is 109 Å². The predicted molar refractivity (Wildman–Crippen MR) is 79.6 cm³/mol. The van der Waals surface area contributed by atoms with Crippen LogP contribution in [0.4, 0.5) is 11.5 Å². The van der Waals surface area contributed by atoms with Gasteiger partial charge in [0.1, 0.15) is 5.82 Å². The summed E-state index contributed by atoms with van der Waals surface area (Å²) < 4.78 is 0. The molecule has 1 aromatic carbocycles. The maximum Gasteiger partial charge on any atom is 0.136 e. The summed E-state index contributed by atoms with van der Waals surface area (Å²) in [4.78, 5) is 6.60. The number of nitrogens with zero attached hydrogens (tertiary/aromatic N) is 2. The molecule has 2 rings (SSSR count). The Hall–Kier alpha value is -1.77. The highest BCUT2D eigenvalue weighted by molar-refractivity contribution is 6.00. The molecule has 1 N–H and O–H groups in total. The Kier molecular flexibility index (Phi) is 3.41. The molecule has 0 aliphatic carbocycles. The lowest BCUT2D eigenvalue weighted by molar-refractivity contribution is 0.899. The van der Waals surface area contributed by atoms with Crippen molar-refractivity contribution in [3.63, 3.8) is 0 Å². The molecule has 0 radical (unpaired) electrons. The van der Waals surface area contributed by atoms with Gasteiger partial charge in [-0.3, -0.25) is 0 Å². The first kappa shape index (κ1) is 12.7. The minimum Gasteiger partial charge on any atom is -0.381 e. The van der Waals surface area contributed by atoms with Gasteiger partial charge in [-0.1, -0.05) is 17.7 Å². The predicted octanol–water partition coefficient (Wildman–Crippen LogP) is 3.43. The van der Waals surface area contributed by atoms with Crippen LogP contribution < -0.4 is 10.2 Å². The zero-order valence-electron chi connectivity index (χ0n) is 11.8. The molecule has 18 heavy (non-hydrogen) atoms. The third-order valence-corrected chi connectivity index (χ3v) is 2.89. The number of hydrogen-bond acceptors (Lipinski definition) is 3. The molecule has 1 aromatic heterocycles. The fourth-order valence-corrected chi connectivity index (χ4v) is 2.12. The van der Waals surface area contributed by atoms with Crippen molar-refractivity contribution in [1.29, 1.82) is 0 Å². The van der Waals surface area contributed by atoms with Crippen LogP contribution in [0.1, 0.15) is 19.4 Å². The van der Waals surface area contributed by atoms with E-state index in [0.29, 0.717) is 6.04 Å². The molecule has 3 heteroatoms. The van der Waals surface area contributed by atoms with Crippen LogP contribution in [0.2, 0.25) is 0 Å². The fourth-order valence-electron chi connectivity index (χ4n) is 2.12. The molecular formula is C15H21N3. The Balaban J connectivity index is 2.67. The fraction of sp³-hybridized carbons (Fsp3) is 0.400. The number of pyridine rings is 1. The van der Waals surface area contributed by atoms with Crippen molar-refractivity contribution >= 4 is 22.3 Å². The van der Waals surface area contributed by atoms with Gasteiger partial charge in [-0.15, -0.1) is 0 Å². The summed E-state index contributed by atoms with van der Waals surface area (Å²) >= 11 is 0. The first-order valence-corrected chi connectivity index (χ1v) is 6.32. The molecular weight excluding hydrogens is 222 g/mol. The number of rotatable bonds is 3. The molecule has 0 aliphatic heterocycles. The highest BCUT2D eigenvalue weighted by atomic mass is 15.1. The normalized spacial score (nSPS) is 11.0. The second-order valence-electron chi connectivity index (χ2n) is 5.24. The Morgan fingerprint density at radius 3 is 2.50 bits per heavy atom. The topological polar surface area (TPSA) is 28.2 Å². The Morgan fingerprint density at radius 1 is 1.17 bits per heavy atom. The highest BCUT2D eigenvalue weighted by Gasteiger charge is 2.09. The van der Waals surface area contributed by atoms with E-state index in [0.717, 1.165) is 11.5 Å². The summed E-state index contributed by atoms with van der Waals surface area (Å²) in [6.45, 7) is 6.40. The molecule has 0 saturated carbocycles. The van der Waals surface area contributed by atoms with Crippen molar-refractivity contribution < 1.29 is 0 Å². The van der Waals surface area contributed by atoms with E-state index in [1.807, 2.05) is 20.3 Å². The summed E-state index contributed by atoms with van der Waals surface area (Å²) in [5.41, 5.74) is 2.37. The third-order valence-electron chi connectivity index (χ3n) is 2.89. The molecule has 1 heterocycles. The molecule has 0 unspecified atom stereocenters. The van der Waals surface area contributed by atoms with Crippen molar-refractivity contribution in [3.05, 3.63) is 30.0 Å². The maximum absolute atomic E-state index is 4.55. The smallest absolute Gasteiger partial charge is 0.136 e. The summed E-state index contributed by atoms with van der Waals surface area (Å²) in [5.74, 6) is 1.01. The van der Waals surface area contributed by atoms with Crippen molar-refractivity contribution in [2.45, 2.75) is 26.8 Å². The number of hydrogen-bond donors (Lipinski definition) is 1. The van der Waals surface area contributed by atoms with Crippen LogP contribution >= 0.6 is 0 Å². The average Bonchev–Trinajstić information content (AvgIpc) is 2.28.